The summed E-state index contributed by atoms with van der Waals surface area (Å²) >= 11 is 0. The number of hydrogen-bond donors (Lipinski definition) is 2. The number of aromatic nitrogens is 2. The van der Waals surface area contributed by atoms with Crippen molar-refractivity contribution in [1.29, 1.82) is 0 Å². The summed E-state index contributed by atoms with van der Waals surface area (Å²) in [6.07, 6.45) is 6.40. The maximum Gasteiger partial charge on any atom is 0.244 e. The second kappa shape index (κ2) is 6.79. The molecule has 0 aliphatic carbocycles. The van der Waals surface area contributed by atoms with Gasteiger partial charge >= 0.3 is 0 Å². The zero-order valence-electron chi connectivity index (χ0n) is 12.7. The van der Waals surface area contributed by atoms with E-state index in [1.807, 2.05) is 37.3 Å². The van der Waals surface area contributed by atoms with Gasteiger partial charge in [-0.1, -0.05) is 30.3 Å². The minimum atomic E-state index is -0.221. The molecule has 5 nitrogen and oxygen atoms in total. The molecular weight excluding hydrogens is 290 g/mol. The molecule has 1 amide bonds. The second-order valence-electron chi connectivity index (χ2n) is 5.13. The van der Waals surface area contributed by atoms with Gasteiger partial charge in [-0.05, 0) is 30.7 Å². The number of carbonyl (C=O) groups excluding carboxylic acids is 1. The molecule has 0 bridgehead atoms. The highest BCUT2D eigenvalue weighted by atomic mass is 16.3. The lowest BCUT2D eigenvalue weighted by Crippen LogP contribution is -2.25. The van der Waals surface area contributed by atoms with E-state index in [9.17, 15) is 4.79 Å². The summed E-state index contributed by atoms with van der Waals surface area (Å²) in [6, 6.07) is 13.3. The zero-order chi connectivity index (χ0) is 16.1. The van der Waals surface area contributed by atoms with Crippen molar-refractivity contribution < 1.29 is 9.21 Å². The summed E-state index contributed by atoms with van der Waals surface area (Å²) in [5.41, 5.74) is 1.98. The number of imidazole rings is 1. The first-order chi connectivity index (χ1) is 11.2. The van der Waals surface area contributed by atoms with E-state index in [0.717, 1.165) is 11.3 Å². The molecule has 2 aromatic heterocycles. The first-order valence-corrected chi connectivity index (χ1v) is 7.35. The minimum absolute atomic E-state index is 0.202. The Labute approximate surface area is 134 Å². The molecule has 0 aliphatic rings. The Hall–Kier alpha value is -3.08. The topological polar surface area (TPSA) is 70.9 Å². The minimum Gasteiger partial charge on any atom is -0.465 e. The van der Waals surface area contributed by atoms with E-state index in [1.165, 1.54) is 6.08 Å². The lowest BCUT2D eigenvalue weighted by molar-refractivity contribution is -0.117. The van der Waals surface area contributed by atoms with Gasteiger partial charge in [0.05, 0.1) is 24.2 Å². The predicted molar refractivity (Wildman–Crippen MR) is 88.3 cm³/mol. The number of H-pyrrole nitrogens is 1. The molecule has 0 spiro atoms. The molecule has 3 rings (SSSR count). The highest BCUT2D eigenvalue weighted by Gasteiger charge is 2.12. The molecule has 2 N–H and O–H groups in total. The highest BCUT2D eigenvalue weighted by molar-refractivity contribution is 5.91. The van der Waals surface area contributed by atoms with Gasteiger partial charge in [-0.15, -0.1) is 0 Å². The van der Waals surface area contributed by atoms with Gasteiger partial charge in [0.25, 0.3) is 0 Å². The maximum atomic E-state index is 11.9. The monoisotopic (exact) mass is 307 g/mol. The lowest BCUT2D eigenvalue weighted by atomic mass is 10.2. The highest BCUT2D eigenvalue weighted by Crippen LogP contribution is 2.18. The summed E-state index contributed by atoms with van der Waals surface area (Å²) in [6.45, 7) is 1.88. The van der Waals surface area contributed by atoms with Crippen molar-refractivity contribution in [2.24, 2.45) is 0 Å². The molecule has 0 fully saturated rings. The summed E-state index contributed by atoms with van der Waals surface area (Å²) in [7, 11) is 0. The molecule has 0 unspecified atom stereocenters. The van der Waals surface area contributed by atoms with Gasteiger partial charge in [0, 0.05) is 6.08 Å². The van der Waals surface area contributed by atoms with E-state index in [0.29, 0.717) is 11.6 Å². The van der Waals surface area contributed by atoms with E-state index in [-0.39, 0.29) is 11.9 Å². The van der Waals surface area contributed by atoms with Gasteiger partial charge < -0.3 is 14.7 Å². The van der Waals surface area contributed by atoms with Crippen molar-refractivity contribution in [2.75, 3.05) is 0 Å². The van der Waals surface area contributed by atoms with E-state index in [4.69, 9.17) is 4.42 Å². The third-order valence-corrected chi connectivity index (χ3v) is 3.39. The number of aromatic amines is 1. The van der Waals surface area contributed by atoms with Crippen LogP contribution in [0.2, 0.25) is 0 Å². The number of nitrogens with one attached hydrogen (secondary N) is 2. The van der Waals surface area contributed by atoms with Crippen LogP contribution in [0.1, 0.15) is 24.6 Å². The molecule has 1 aromatic carbocycles. The smallest absolute Gasteiger partial charge is 0.244 e. The van der Waals surface area contributed by atoms with Crippen LogP contribution in [0.25, 0.3) is 17.3 Å². The first-order valence-electron chi connectivity index (χ1n) is 7.35. The Morgan fingerprint density at radius 2 is 2.09 bits per heavy atom. The third-order valence-electron chi connectivity index (χ3n) is 3.39. The van der Waals surface area contributed by atoms with Crippen LogP contribution in [-0.2, 0) is 4.79 Å². The fourth-order valence-corrected chi connectivity index (χ4v) is 2.19. The largest absolute Gasteiger partial charge is 0.465 e. The average molecular weight is 307 g/mol. The van der Waals surface area contributed by atoms with Crippen LogP contribution in [0.3, 0.4) is 0 Å². The number of hydrogen-bond acceptors (Lipinski definition) is 3. The average Bonchev–Trinajstić information content (AvgIpc) is 3.25. The number of benzene rings is 1. The quantitative estimate of drug-likeness (QED) is 0.708. The predicted octanol–water partition coefficient (Wildman–Crippen LogP) is 3.56. The lowest BCUT2D eigenvalue weighted by Gasteiger charge is -2.09. The summed E-state index contributed by atoms with van der Waals surface area (Å²) in [4.78, 5) is 19.5. The van der Waals surface area contributed by atoms with Gasteiger partial charge in [-0.25, -0.2) is 4.98 Å². The van der Waals surface area contributed by atoms with Crippen LogP contribution >= 0.6 is 0 Å². The SMILES string of the molecule is C[C@@H](NC(=O)/C=C\c1ccco1)c1ncc(-c2ccccc2)[nH]1. The second-order valence-corrected chi connectivity index (χ2v) is 5.13. The molecule has 116 valence electrons. The Bertz CT molecular complexity index is 789. The van der Waals surface area contributed by atoms with E-state index in [1.54, 1.807) is 30.7 Å². The van der Waals surface area contributed by atoms with Crippen LogP contribution < -0.4 is 5.32 Å². The zero-order valence-corrected chi connectivity index (χ0v) is 12.7. The molecule has 2 heterocycles. The van der Waals surface area contributed by atoms with Crippen LogP contribution in [-0.4, -0.2) is 15.9 Å². The van der Waals surface area contributed by atoms with E-state index in [2.05, 4.69) is 15.3 Å². The van der Waals surface area contributed by atoms with Crippen molar-refractivity contribution in [2.45, 2.75) is 13.0 Å². The van der Waals surface area contributed by atoms with Gasteiger partial charge in [0.1, 0.15) is 11.6 Å². The Morgan fingerprint density at radius 1 is 1.26 bits per heavy atom. The molecule has 1 atom stereocenters. The fraction of sp³-hybridized carbons (Fsp3) is 0.111. The van der Waals surface area contributed by atoms with E-state index < -0.39 is 0 Å². The number of nitrogens with zero attached hydrogens (tertiary/aromatic N) is 1. The number of amides is 1. The summed E-state index contributed by atoms with van der Waals surface area (Å²) in [5, 5.41) is 2.86. The van der Waals surface area contributed by atoms with Crippen LogP contribution in [0, 0.1) is 0 Å². The molecule has 23 heavy (non-hydrogen) atoms. The third kappa shape index (κ3) is 3.77. The van der Waals surface area contributed by atoms with Gasteiger partial charge in [0.15, 0.2) is 0 Å². The number of rotatable bonds is 5. The van der Waals surface area contributed by atoms with Crippen molar-refractivity contribution in [3.05, 3.63) is 72.6 Å². The molecule has 0 radical (unpaired) electrons. The normalized spacial score (nSPS) is 12.4. The van der Waals surface area contributed by atoms with Crippen molar-refractivity contribution in [3.8, 4) is 11.3 Å². The summed E-state index contributed by atoms with van der Waals surface area (Å²) in [5.74, 6) is 1.15. The molecule has 0 saturated heterocycles. The summed E-state index contributed by atoms with van der Waals surface area (Å²) < 4.78 is 5.14. The standard InChI is InChI=1S/C18H17N3O2/c1-13(20-17(22)10-9-15-8-5-11-23-15)18-19-12-16(21-18)14-6-3-2-4-7-14/h2-13H,1H3,(H,19,21)(H,20,22)/b10-9-/t13-/m1/s1. The van der Waals surface area contributed by atoms with Crippen molar-refractivity contribution in [3.63, 3.8) is 0 Å². The van der Waals surface area contributed by atoms with Crippen molar-refractivity contribution in [1.82, 2.24) is 15.3 Å². The Morgan fingerprint density at radius 3 is 2.83 bits per heavy atom. The maximum absolute atomic E-state index is 11.9. The van der Waals surface area contributed by atoms with Crippen LogP contribution in [0.5, 0.6) is 0 Å². The van der Waals surface area contributed by atoms with Crippen LogP contribution in [0.4, 0.5) is 0 Å². The Balaban J connectivity index is 1.63. The first kappa shape index (κ1) is 14.8. The van der Waals surface area contributed by atoms with Crippen LogP contribution in [0.15, 0.2) is 65.4 Å². The van der Waals surface area contributed by atoms with Crippen molar-refractivity contribution >= 4 is 12.0 Å². The van der Waals surface area contributed by atoms with Gasteiger partial charge in [-0.2, -0.15) is 0 Å². The number of carbonyl (C=O) groups is 1. The van der Waals surface area contributed by atoms with E-state index >= 15 is 0 Å². The molecule has 0 saturated carbocycles. The molecule has 0 aliphatic heterocycles. The molecular formula is C18H17N3O2. The molecule has 5 heteroatoms. The van der Waals surface area contributed by atoms with Gasteiger partial charge in [-0.3, -0.25) is 4.79 Å². The van der Waals surface area contributed by atoms with Gasteiger partial charge in [0.2, 0.25) is 5.91 Å². The molecule has 3 aromatic rings. The Kier molecular flexibility index (Phi) is 4.38. The fourth-order valence-electron chi connectivity index (χ4n) is 2.19. The number of furan rings is 1.